The highest BCUT2D eigenvalue weighted by Crippen LogP contribution is 2.17. The molecule has 1 atom stereocenters. The van der Waals surface area contributed by atoms with E-state index >= 15 is 0 Å². The standard InChI is InChI=1S/C12H13F3N2O5/c1-11(21,10(19)20)5-16-9(18)7-3-2-4-8(17-7)22-6-12(13,14)15/h2-4,21H,5-6H2,1H3,(H,16,18)(H,19,20). The molecule has 1 rings (SSSR count). The molecule has 7 nitrogen and oxygen atoms in total. The summed E-state index contributed by atoms with van der Waals surface area (Å²) in [6.07, 6.45) is -4.54. The third-order valence-electron chi connectivity index (χ3n) is 2.39. The number of ether oxygens (including phenoxy) is 1. The number of nitrogens with one attached hydrogen (secondary N) is 1. The largest absolute Gasteiger partial charge is 0.479 e. The zero-order chi connectivity index (χ0) is 17.0. The molecular weight excluding hydrogens is 309 g/mol. The molecule has 1 aromatic rings. The minimum Gasteiger partial charge on any atom is -0.479 e. The van der Waals surface area contributed by atoms with Crippen molar-refractivity contribution in [2.45, 2.75) is 18.7 Å². The molecule has 0 radical (unpaired) electrons. The van der Waals surface area contributed by atoms with Crippen molar-refractivity contribution in [3.05, 3.63) is 23.9 Å². The number of rotatable bonds is 6. The van der Waals surface area contributed by atoms with Crippen LogP contribution in [0.5, 0.6) is 5.88 Å². The summed E-state index contributed by atoms with van der Waals surface area (Å²) in [5.41, 5.74) is -2.46. The monoisotopic (exact) mass is 322 g/mol. The molecule has 3 N–H and O–H groups in total. The minimum atomic E-state index is -4.54. The van der Waals surface area contributed by atoms with Gasteiger partial charge >= 0.3 is 12.1 Å². The predicted octanol–water partition coefficient (Wildman–Crippen LogP) is 0.588. The van der Waals surface area contributed by atoms with E-state index in [-0.39, 0.29) is 5.69 Å². The molecule has 0 spiro atoms. The first kappa shape index (κ1) is 17.7. The maximum absolute atomic E-state index is 12.0. The first-order valence-electron chi connectivity index (χ1n) is 5.92. The Morgan fingerprint density at radius 3 is 2.55 bits per heavy atom. The Morgan fingerprint density at radius 2 is 2.00 bits per heavy atom. The highest BCUT2D eigenvalue weighted by Gasteiger charge is 2.31. The van der Waals surface area contributed by atoms with Crippen LogP contribution < -0.4 is 10.1 Å². The summed E-state index contributed by atoms with van der Waals surface area (Å²) >= 11 is 0. The molecule has 22 heavy (non-hydrogen) atoms. The molecule has 0 aliphatic rings. The number of carbonyl (C=O) groups excluding carboxylic acids is 1. The van der Waals surface area contributed by atoms with Gasteiger partial charge in [-0.15, -0.1) is 0 Å². The number of carbonyl (C=O) groups is 2. The van der Waals surface area contributed by atoms with Gasteiger partial charge in [-0.1, -0.05) is 6.07 Å². The number of carboxylic acids is 1. The molecule has 122 valence electrons. The molecule has 1 amide bonds. The number of hydrogen-bond donors (Lipinski definition) is 3. The van der Waals surface area contributed by atoms with Crippen molar-refractivity contribution in [1.82, 2.24) is 10.3 Å². The summed E-state index contributed by atoms with van der Waals surface area (Å²) in [5, 5.41) is 20.2. The minimum absolute atomic E-state index is 0.277. The predicted molar refractivity (Wildman–Crippen MR) is 66.4 cm³/mol. The Kier molecular flexibility index (Phi) is 5.31. The highest BCUT2D eigenvalue weighted by molar-refractivity contribution is 5.92. The van der Waals surface area contributed by atoms with Gasteiger partial charge in [0, 0.05) is 6.07 Å². The molecule has 0 aliphatic heterocycles. The summed E-state index contributed by atoms with van der Waals surface area (Å²) < 4.78 is 40.4. The van der Waals surface area contributed by atoms with Gasteiger partial charge in [-0.05, 0) is 13.0 Å². The zero-order valence-electron chi connectivity index (χ0n) is 11.3. The van der Waals surface area contributed by atoms with E-state index in [1.165, 1.54) is 12.1 Å². The first-order valence-corrected chi connectivity index (χ1v) is 5.92. The van der Waals surface area contributed by atoms with Crippen molar-refractivity contribution in [2.75, 3.05) is 13.2 Å². The maximum atomic E-state index is 12.0. The van der Waals surface area contributed by atoms with E-state index < -0.39 is 42.7 Å². The molecule has 0 aromatic carbocycles. The molecule has 0 saturated heterocycles. The van der Waals surface area contributed by atoms with Crippen LogP contribution in [0.1, 0.15) is 17.4 Å². The number of aromatic nitrogens is 1. The van der Waals surface area contributed by atoms with Crippen molar-refractivity contribution in [2.24, 2.45) is 0 Å². The van der Waals surface area contributed by atoms with Gasteiger partial charge in [0.25, 0.3) is 5.91 Å². The van der Waals surface area contributed by atoms with E-state index in [1.54, 1.807) is 0 Å². The molecule has 0 saturated carbocycles. The number of alkyl halides is 3. The molecule has 0 aliphatic carbocycles. The lowest BCUT2D eigenvalue weighted by atomic mass is 10.1. The first-order chi connectivity index (χ1) is 10.0. The van der Waals surface area contributed by atoms with Gasteiger partial charge < -0.3 is 20.3 Å². The van der Waals surface area contributed by atoms with Crippen LogP contribution in [-0.2, 0) is 4.79 Å². The van der Waals surface area contributed by atoms with Crippen molar-refractivity contribution in [3.63, 3.8) is 0 Å². The van der Waals surface area contributed by atoms with Gasteiger partial charge in [-0.3, -0.25) is 4.79 Å². The lowest BCUT2D eigenvalue weighted by molar-refractivity contribution is -0.156. The van der Waals surface area contributed by atoms with Crippen LogP contribution in [0.4, 0.5) is 13.2 Å². The Morgan fingerprint density at radius 1 is 1.36 bits per heavy atom. The molecule has 1 unspecified atom stereocenters. The smallest absolute Gasteiger partial charge is 0.422 e. The van der Waals surface area contributed by atoms with Crippen LogP contribution in [0.3, 0.4) is 0 Å². The van der Waals surface area contributed by atoms with Gasteiger partial charge in [0.1, 0.15) is 5.69 Å². The van der Waals surface area contributed by atoms with Gasteiger partial charge in [-0.25, -0.2) is 9.78 Å². The number of hydrogen-bond acceptors (Lipinski definition) is 5. The average Bonchev–Trinajstić information content (AvgIpc) is 2.42. The molecule has 1 aromatic heterocycles. The molecular formula is C12H13F3N2O5. The molecule has 0 fully saturated rings. The number of aliphatic hydroxyl groups is 1. The van der Waals surface area contributed by atoms with Crippen LogP contribution in [-0.4, -0.2) is 52.0 Å². The summed E-state index contributed by atoms with van der Waals surface area (Å²) in [6, 6.07) is 3.59. The fourth-order valence-corrected chi connectivity index (χ4v) is 1.20. The third-order valence-corrected chi connectivity index (χ3v) is 2.39. The zero-order valence-corrected chi connectivity index (χ0v) is 11.3. The average molecular weight is 322 g/mol. The van der Waals surface area contributed by atoms with Crippen molar-refractivity contribution in [1.29, 1.82) is 0 Å². The van der Waals surface area contributed by atoms with E-state index in [1.807, 2.05) is 0 Å². The van der Waals surface area contributed by atoms with E-state index in [4.69, 9.17) is 5.11 Å². The van der Waals surface area contributed by atoms with Crippen molar-refractivity contribution in [3.8, 4) is 5.88 Å². The van der Waals surface area contributed by atoms with Gasteiger partial charge in [0.2, 0.25) is 5.88 Å². The number of carboxylic acid groups (broad SMARTS) is 1. The second-order valence-electron chi connectivity index (χ2n) is 4.53. The number of nitrogens with zero attached hydrogens (tertiary/aromatic N) is 1. The molecule has 10 heteroatoms. The van der Waals surface area contributed by atoms with Crippen LogP contribution in [0.2, 0.25) is 0 Å². The summed E-state index contributed by atoms with van der Waals surface area (Å²) in [7, 11) is 0. The number of halogens is 3. The van der Waals surface area contributed by atoms with E-state index in [9.17, 15) is 27.9 Å². The fourth-order valence-electron chi connectivity index (χ4n) is 1.20. The third kappa shape index (κ3) is 5.56. The second-order valence-corrected chi connectivity index (χ2v) is 4.53. The number of aliphatic carboxylic acids is 1. The second kappa shape index (κ2) is 6.60. The summed E-state index contributed by atoms with van der Waals surface area (Å²) in [4.78, 5) is 25.9. The van der Waals surface area contributed by atoms with Crippen LogP contribution in [0.15, 0.2) is 18.2 Å². The van der Waals surface area contributed by atoms with E-state index in [0.29, 0.717) is 0 Å². The normalized spacial score (nSPS) is 14.0. The fraction of sp³-hybridized carbons (Fsp3) is 0.417. The number of amides is 1. The Balaban J connectivity index is 2.69. The topological polar surface area (TPSA) is 109 Å². The summed E-state index contributed by atoms with van der Waals surface area (Å²) in [5.74, 6) is -2.81. The van der Waals surface area contributed by atoms with Crippen LogP contribution >= 0.6 is 0 Å². The van der Waals surface area contributed by atoms with E-state index in [0.717, 1.165) is 13.0 Å². The number of pyridine rings is 1. The lowest BCUT2D eigenvalue weighted by Gasteiger charge is -2.18. The molecule has 0 bridgehead atoms. The highest BCUT2D eigenvalue weighted by atomic mass is 19.4. The lowest BCUT2D eigenvalue weighted by Crippen LogP contribution is -2.46. The Hall–Kier alpha value is -2.36. The summed E-state index contributed by atoms with van der Waals surface area (Å²) in [6.45, 7) is -1.18. The van der Waals surface area contributed by atoms with Crippen molar-refractivity contribution < 1.29 is 37.7 Å². The molecule has 1 heterocycles. The Labute approximate surface area is 122 Å². The van der Waals surface area contributed by atoms with Crippen molar-refractivity contribution >= 4 is 11.9 Å². The van der Waals surface area contributed by atoms with Crippen LogP contribution in [0.25, 0.3) is 0 Å². The van der Waals surface area contributed by atoms with Gasteiger partial charge in [-0.2, -0.15) is 13.2 Å². The SMILES string of the molecule is CC(O)(CNC(=O)c1cccc(OCC(F)(F)F)n1)C(=O)O. The van der Waals surface area contributed by atoms with Crippen LogP contribution in [0, 0.1) is 0 Å². The van der Waals surface area contributed by atoms with Gasteiger partial charge in [0.05, 0.1) is 6.54 Å². The van der Waals surface area contributed by atoms with Gasteiger partial charge in [0.15, 0.2) is 12.2 Å². The van der Waals surface area contributed by atoms with E-state index in [2.05, 4.69) is 15.0 Å². The Bertz CT molecular complexity index is 560. The maximum Gasteiger partial charge on any atom is 0.422 e. The quantitative estimate of drug-likeness (QED) is 0.707.